The maximum atomic E-state index is 12.2. The molecule has 1 atom stereocenters. The maximum absolute atomic E-state index is 12.2. The van der Waals surface area contributed by atoms with E-state index in [1.54, 1.807) is 0 Å². The number of hydrogen-bond acceptors (Lipinski definition) is 8. The molecule has 0 fully saturated rings. The topological polar surface area (TPSA) is 94.8 Å². The van der Waals surface area contributed by atoms with Crippen molar-refractivity contribution in [3.05, 3.63) is 40.7 Å². The smallest absolute Gasteiger partial charge is 0.236 e. The summed E-state index contributed by atoms with van der Waals surface area (Å²) in [6.07, 6.45) is 0.731. The quantitative estimate of drug-likeness (QED) is 0.513. The molecular weight excluding hydrogens is 408 g/mol. The number of thioether (sulfide) groups is 1. The molecule has 8 nitrogen and oxygen atoms in total. The van der Waals surface area contributed by atoms with Gasteiger partial charge in [-0.15, -0.1) is 20.4 Å². The number of aromatic nitrogens is 5. The number of carbonyl (C=O) groups excluding carboxylic acids is 1. The number of nitrogens with one attached hydrogen (secondary N) is 1. The highest BCUT2D eigenvalue weighted by molar-refractivity contribution is 7.99. The first-order chi connectivity index (χ1) is 14.0. The molecule has 3 aromatic rings. The summed E-state index contributed by atoms with van der Waals surface area (Å²) in [5, 5.41) is 21.1. The minimum atomic E-state index is -0.262. The van der Waals surface area contributed by atoms with E-state index >= 15 is 0 Å². The van der Waals surface area contributed by atoms with Crippen molar-refractivity contribution < 1.29 is 9.53 Å². The fourth-order valence-electron chi connectivity index (χ4n) is 2.70. The van der Waals surface area contributed by atoms with Crippen molar-refractivity contribution in [3.63, 3.8) is 0 Å². The first-order valence-corrected chi connectivity index (χ1v) is 11.2. The summed E-state index contributed by atoms with van der Waals surface area (Å²) in [6.45, 7) is 8.61. The second-order valence-corrected chi connectivity index (χ2v) is 8.43. The first kappa shape index (κ1) is 21.3. The number of ether oxygens (including phenoxy) is 1. The molecule has 10 heteroatoms. The first-order valence-electron chi connectivity index (χ1n) is 9.41. The van der Waals surface area contributed by atoms with Crippen LogP contribution < -0.4 is 10.1 Å². The van der Waals surface area contributed by atoms with Crippen LogP contribution in [0, 0.1) is 6.92 Å². The van der Waals surface area contributed by atoms with Crippen LogP contribution in [0.4, 0.5) is 5.13 Å². The molecule has 1 amide bonds. The average molecular weight is 433 g/mol. The van der Waals surface area contributed by atoms with Gasteiger partial charge in [0.05, 0.1) is 5.75 Å². The molecule has 1 N–H and O–H groups in total. The van der Waals surface area contributed by atoms with Crippen LogP contribution in [-0.2, 0) is 17.8 Å². The molecule has 3 rings (SSSR count). The largest absolute Gasteiger partial charge is 0.483 e. The van der Waals surface area contributed by atoms with E-state index in [1.165, 1.54) is 28.7 Å². The van der Waals surface area contributed by atoms with Gasteiger partial charge in [-0.2, -0.15) is 0 Å². The monoisotopic (exact) mass is 432 g/mol. The molecular formula is C19H24N6O2S2. The predicted molar refractivity (Wildman–Crippen MR) is 115 cm³/mol. The molecule has 2 aromatic heterocycles. The van der Waals surface area contributed by atoms with Crippen LogP contribution in [0.25, 0.3) is 0 Å². The minimum Gasteiger partial charge on any atom is -0.483 e. The van der Waals surface area contributed by atoms with Gasteiger partial charge in [0.2, 0.25) is 11.0 Å². The summed E-state index contributed by atoms with van der Waals surface area (Å²) in [4.78, 5) is 12.2. The number of anilines is 1. The molecule has 2 heterocycles. The van der Waals surface area contributed by atoms with Gasteiger partial charge in [-0.25, -0.2) is 0 Å². The Bertz CT molecular complexity index is 954. The van der Waals surface area contributed by atoms with E-state index in [9.17, 15) is 4.79 Å². The summed E-state index contributed by atoms with van der Waals surface area (Å²) >= 11 is 2.68. The van der Waals surface area contributed by atoms with Crippen LogP contribution in [0.15, 0.2) is 29.4 Å². The Morgan fingerprint density at radius 1 is 1.21 bits per heavy atom. The molecule has 0 aliphatic carbocycles. The standard InChI is InChI=1S/C19H24N6O2S2/c1-5-14-7-9-15(10-8-14)27-12(3)17-22-24-19(25(17)6-2)28-11-16(26)20-18-23-21-13(4)29-18/h7-10,12H,5-6,11H2,1-4H3,(H,20,23,26). The Morgan fingerprint density at radius 3 is 2.59 bits per heavy atom. The third-order valence-electron chi connectivity index (χ3n) is 4.17. The van der Waals surface area contributed by atoms with Crippen molar-refractivity contribution >= 4 is 34.1 Å². The van der Waals surface area contributed by atoms with E-state index in [1.807, 2.05) is 37.5 Å². The van der Waals surface area contributed by atoms with Crippen molar-refractivity contribution in [1.82, 2.24) is 25.0 Å². The zero-order valence-corrected chi connectivity index (χ0v) is 18.5. The van der Waals surface area contributed by atoms with Gasteiger partial charge in [0.1, 0.15) is 10.8 Å². The molecule has 29 heavy (non-hydrogen) atoms. The van der Waals surface area contributed by atoms with Crippen molar-refractivity contribution in [2.75, 3.05) is 11.1 Å². The molecule has 1 aromatic carbocycles. The Labute approximate surface area is 178 Å². The van der Waals surface area contributed by atoms with Crippen LogP contribution in [0.5, 0.6) is 5.75 Å². The molecule has 0 bridgehead atoms. The summed E-state index contributed by atoms with van der Waals surface area (Å²) in [7, 11) is 0. The lowest BCUT2D eigenvalue weighted by atomic mass is 10.2. The lowest BCUT2D eigenvalue weighted by Crippen LogP contribution is -2.15. The zero-order chi connectivity index (χ0) is 20.8. The van der Waals surface area contributed by atoms with Gasteiger partial charge in [-0.1, -0.05) is 42.2 Å². The van der Waals surface area contributed by atoms with Gasteiger partial charge in [-0.05, 0) is 44.9 Å². The lowest BCUT2D eigenvalue weighted by Gasteiger charge is -2.15. The van der Waals surface area contributed by atoms with E-state index in [4.69, 9.17) is 4.74 Å². The van der Waals surface area contributed by atoms with Crippen LogP contribution in [0.1, 0.15) is 43.3 Å². The summed E-state index contributed by atoms with van der Waals surface area (Å²) in [6, 6.07) is 8.06. The van der Waals surface area contributed by atoms with Gasteiger partial charge >= 0.3 is 0 Å². The van der Waals surface area contributed by atoms with Gasteiger partial charge in [-0.3, -0.25) is 10.1 Å². The number of carbonyl (C=O) groups is 1. The van der Waals surface area contributed by atoms with Gasteiger partial charge < -0.3 is 9.30 Å². The number of rotatable bonds is 9. The molecule has 0 spiro atoms. The van der Waals surface area contributed by atoms with Crippen LogP contribution in [0.3, 0.4) is 0 Å². The van der Waals surface area contributed by atoms with E-state index in [0.717, 1.165) is 23.0 Å². The number of aryl methyl sites for hydroxylation is 2. The third kappa shape index (κ3) is 5.54. The molecule has 0 aliphatic heterocycles. The minimum absolute atomic E-state index is 0.154. The van der Waals surface area contributed by atoms with E-state index < -0.39 is 0 Å². The third-order valence-corrected chi connectivity index (χ3v) is 5.90. The number of amides is 1. The fourth-order valence-corrected chi connectivity index (χ4v) is 4.12. The number of benzene rings is 1. The van der Waals surface area contributed by atoms with Crippen molar-refractivity contribution in [2.24, 2.45) is 0 Å². The molecule has 154 valence electrons. The predicted octanol–water partition coefficient (Wildman–Crippen LogP) is 3.89. The van der Waals surface area contributed by atoms with Gasteiger partial charge in [0.15, 0.2) is 17.1 Å². The number of nitrogens with zero attached hydrogens (tertiary/aromatic N) is 5. The summed E-state index contributed by atoms with van der Waals surface area (Å²) in [5.41, 5.74) is 1.27. The average Bonchev–Trinajstić information content (AvgIpc) is 3.32. The van der Waals surface area contributed by atoms with E-state index in [0.29, 0.717) is 16.8 Å². The number of hydrogen-bond donors (Lipinski definition) is 1. The van der Waals surface area contributed by atoms with E-state index in [-0.39, 0.29) is 17.8 Å². The summed E-state index contributed by atoms with van der Waals surface area (Å²) < 4.78 is 8.01. The molecule has 0 saturated carbocycles. The van der Waals surface area contributed by atoms with E-state index in [2.05, 4.69) is 44.8 Å². The lowest BCUT2D eigenvalue weighted by molar-refractivity contribution is -0.113. The molecule has 0 saturated heterocycles. The Kier molecular flexibility index (Phi) is 7.21. The Hall–Kier alpha value is -2.46. The highest BCUT2D eigenvalue weighted by Gasteiger charge is 2.19. The highest BCUT2D eigenvalue weighted by Crippen LogP contribution is 2.25. The normalized spacial score (nSPS) is 12.0. The molecule has 0 aliphatic rings. The second-order valence-electron chi connectivity index (χ2n) is 6.31. The highest BCUT2D eigenvalue weighted by atomic mass is 32.2. The fraction of sp³-hybridized carbons (Fsp3) is 0.421. The maximum Gasteiger partial charge on any atom is 0.236 e. The van der Waals surface area contributed by atoms with Crippen LogP contribution in [0.2, 0.25) is 0 Å². The van der Waals surface area contributed by atoms with Crippen molar-refractivity contribution in [3.8, 4) is 5.75 Å². The Balaban J connectivity index is 1.61. The summed E-state index contributed by atoms with van der Waals surface area (Å²) in [5.74, 6) is 1.58. The zero-order valence-electron chi connectivity index (χ0n) is 16.9. The van der Waals surface area contributed by atoms with Crippen molar-refractivity contribution in [2.45, 2.75) is 51.9 Å². The second kappa shape index (κ2) is 9.84. The van der Waals surface area contributed by atoms with Crippen molar-refractivity contribution in [1.29, 1.82) is 0 Å². The SMILES string of the molecule is CCc1ccc(OC(C)c2nnc(SCC(=O)Nc3nnc(C)s3)n2CC)cc1. The van der Waals surface area contributed by atoms with Gasteiger partial charge in [0, 0.05) is 6.54 Å². The van der Waals surface area contributed by atoms with Gasteiger partial charge in [0.25, 0.3) is 0 Å². The van der Waals surface area contributed by atoms with Crippen LogP contribution >= 0.6 is 23.1 Å². The van der Waals surface area contributed by atoms with Crippen LogP contribution in [-0.4, -0.2) is 36.6 Å². The molecule has 1 unspecified atom stereocenters. The Morgan fingerprint density at radius 2 is 1.97 bits per heavy atom. The molecule has 0 radical (unpaired) electrons.